The van der Waals surface area contributed by atoms with E-state index in [1.165, 1.54) is 6.20 Å². The van der Waals surface area contributed by atoms with Crippen molar-refractivity contribution in [2.24, 2.45) is 0 Å². The number of para-hydroxylation sites is 1. The highest BCUT2D eigenvalue weighted by Gasteiger charge is 2.11. The Bertz CT molecular complexity index is 820. The van der Waals surface area contributed by atoms with Crippen molar-refractivity contribution >= 4 is 10.9 Å². The Kier molecular flexibility index (Phi) is 3.40. The van der Waals surface area contributed by atoms with E-state index in [4.69, 9.17) is 9.47 Å². The first kappa shape index (κ1) is 12.9. The van der Waals surface area contributed by atoms with Crippen molar-refractivity contribution in [1.82, 2.24) is 4.98 Å². The van der Waals surface area contributed by atoms with E-state index in [1.807, 2.05) is 36.4 Å². The number of nitrogens with zero attached hydrogens (tertiary/aromatic N) is 2. The fourth-order valence-corrected chi connectivity index (χ4v) is 2.07. The summed E-state index contributed by atoms with van der Waals surface area (Å²) in [6.07, 6.45) is 1.53. The minimum absolute atomic E-state index is 0.407. The first-order chi connectivity index (χ1) is 10.3. The van der Waals surface area contributed by atoms with Crippen LogP contribution in [0.15, 0.2) is 54.7 Å². The molecule has 3 aromatic rings. The van der Waals surface area contributed by atoms with E-state index in [9.17, 15) is 5.26 Å². The third kappa shape index (κ3) is 2.49. The summed E-state index contributed by atoms with van der Waals surface area (Å²) in [6.45, 7) is 0. The maximum Gasteiger partial charge on any atom is 0.156 e. The molecule has 0 bridgehead atoms. The van der Waals surface area contributed by atoms with Gasteiger partial charge in [0.05, 0.1) is 12.6 Å². The van der Waals surface area contributed by atoms with Gasteiger partial charge in [-0.05, 0) is 36.4 Å². The van der Waals surface area contributed by atoms with E-state index < -0.39 is 0 Å². The first-order valence-corrected chi connectivity index (χ1v) is 6.41. The van der Waals surface area contributed by atoms with E-state index in [2.05, 4.69) is 11.1 Å². The average Bonchev–Trinajstić information content (AvgIpc) is 2.56. The summed E-state index contributed by atoms with van der Waals surface area (Å²) >= 11 is 0. The van der Waals surface area contributed by atoms with Gasteiger partial charge in [0.25, 0.3) is 0 Å². The Labute approximate surface area is 122 Å². The molecule has 21 heavy (non-hydrogen) atoms. The molecule has 4 nitrogen and oxygen atoms in total. The zero-order chi connectivity index (χ0) is 14.7. The quantitative estimate of drug-likeness (QED) is 0.727. The molecular weight excluding hydrogens is 264 g/mol. The number of rotatable bonds is 3. The largest absolute Gasteiger partial charge is 0.497 e. The molecule has 3 rings (SSSR count). The lowest BCUT2D eigenvalue weighted by atomic mass is 10.1. The minimum atomic E-state index is 0.407. The Balaban J connectivity index is 2.08. The maximum absolute atomic E-state index is 9.25. The lowest BCUT2D eigenvalue weighted by molar-refractivity contribution is 0.413. The summed E-state index contributed by atoms with van der Waals surface area (Å²) in [5.41, 5.74) is 1.20. The number of benzene rings is 2. The van der Waals surface area contributed by atoms with E-state index in [1.54, 1.807) is 19.2 Å². The molecule has 0 radical (unpaired) electrons. The molecule has 0 aliphatic rings. The number of hydrogen-bond acceptors (Lipinski definition) is 4. The SMILES string of the molecule is COc1ccc(Oc2c(C#N)cnc3ccccc23)cc1. The van der Waals surface area contributed by atoms with Gasteiger partial charge in [0, 0.05) is 11.6 Å². The minimum Gasteiger partial charge on any atom is -0.497 e. The molecule has 4 heteroatoms. The number of aromatic nitrogens is 1. The number of ether oxygens (including phenoxy) is 2. The van der Waals surface area contributed by atoms with Gasteiger partial charge < -0.3 is 9.47 Å². The van der Waals surface area contributed by atoms with Gasteiger partial charge in [0.1, 0.15) is 23.1 Å². The van der Waals surface area contributed by atoms with Crippen LogP contribution in [0.5, 0.6) is 17.2 Å². The lowest BCUT2D eigenvalue weighted by Crippen LogP contribution is -1.92. The molecule has 1 aromatic heterocycles. The molecule has 0 N–H and O–H groups in total. The van der Waals surface area contributed by atoms with Crippen LogP contribution in [-0.4, -0.2) is 12.1 Å². The molecule has 0 aliphatic heterocycles. The van der Waals surface area contributed by atoms with Gasteiger partial charge in [-0.3, -0.25) is 4.98 Å². The van der Waals surface area contributed by atoms with E-state index in [0.29, 0.717) is 17.1 Å². The standard InChI is InChI=1S/C17H12N2O2/c1-20-13-6-8-14(9-7-13)21-17-12(10-18)11-19-16-5-3-2-4-15(16)17/h2-9,11H,1H3. The monoisotopic (exact) mass is 276 g/mol. The second-order valence-corrected chi connectivity index (χ2v) is 4.41. The molecule has 1 heterocycles. The lowest BCUT2D eigenvalue weighted by Gasteiger charge is -2.10. The smallest absolute Gasteiger partial charge is 0.156 e. The zero-order valence-corrected chi connectivity index (χ0v) is 11.4. The van der Waals surface area contributed by atoms with Crippen LogP contribution in [-0.2, 0) is 0 Å². The van der Waals surface area contributed by atoms with Crippen LogP contribution < -0.4 is 9.47 Å². The van der Waals surface area contributed by atoms with Crippen LogP contribution in [0.4, 0.5) is 0 Å². The van der Waals surface area contributed by atoms with Gasteiger partial charge in [-0.15, -0.1) is 0 Å². The summed E-state index contributed by atoms with van der Waals surface area (Å²) < 4.78 is 11.0. The average molecular weight is 276 g/mol. The Hall–Kier alpha value is -3.06. The molecule has 0 atom stereocenters. The van der Waals surface area contributed by atoms with Gasteiger partial charge in [-0.2, -0.15) is 5.26 Å². The number of pyridine rings is 1. The Morgan fingerprint density at radius 3 is 2.43 bits per heavy atom. The van der Waals surface area contributed by atoms with Crippen LogP contribution in [0.2, 0.25) is 0 Å². The summed E-state index contributed by atoms with van der Waals surface area (Å²) in [5.74, 6) is 1.92. The van der Waals surface area contributed by atoms with Crippen LogP contribution >= 0.6 is 0 Å². The highest BCUT2D eigenvalue weighted by Crippen LogP contribution is 2.32. The van der Waals surface area contributed by atoms with Gasteiger partial charge >= 0.3 is 0 Å². The molecule has 102 valence electrons. The van der Waals surface area contributed by atoms with Gasteiger partial charge in [-0.25, -0.2) is 0 Å². The molecule has 2 aromatic carbocycles. The van der Waals surface area contributed by atoms with Crippen LogP contribution in [0.1, 0.15) is 5.56 Å². The van der Waals surface area contributed by atoms with E-state index >= 15 is 0 Å². The Morgan fingerprint density at radius 2 is 1.71 bits per heavy atom. The predicted molar refractivity (Wildman–Crippen MR) is 79.5 cm³/mol. The summed E-state index contributed by atoms with van der Waals surface area (Å²) in [5, 5.41) is 10.1. The second kappa shape index (κ2) is 5.51. The molecule has 0 unspecified atom stereocenters. The van der Waals surface area contributed by atoms with Crippen LogP contribution in [0.25, 0.3) is 10.9 Å². The highest BCUT2D eigenvalue weighted by atomic mass is 16.5. The van der Waals surface area contributed by atoms with E-state index in [0.717, 1.165) is 16.7 Å². The predicted octanol–water partition coefficient (Wildman–Crippen LogP) is 3.91. The van der Waals surface area contributed by atoms with Crippen molar-refractivity contribution in [3.63, 3.8) is 0 Å². The second-order valence-electron chi connectivity index (χ2n) is 4.41. The van der Waals surface area contributed by atoms with Crippen molar-refractivity contribution in [3.8, 4) is 23.3 Å². The third-order valence-electron chi connectivity index (χ3n) is 3.13. The normalized spacial score (nSPS) is 10.1. The number of methoxy groups -OCH3 is 1. The molecule has 0 fully saturated rings. The van der Waals surface area contributed by atoms with E-state index in [-0.39, 0.29) is 0 Å². The van der Waals surface area contributed by atoms with Gasteiger partial charge in [0.15, 0.2) is 5.75 Å². The third-order valence-corrected chi connectivity index (χ3v) is 3.13. The maximum atomic E-state index is 9.25. The topological polar surface area (TPSA) is 55.1 Å². The van der Waals surface area contributed by atoms with Gasteiger partial charge in [0.2, 0.25) is 0 Å². The molecule has 0 saturated heterocycles. The fraction of sp³-hybridized carbons (Fsp3) is 0.0588. The Morgan fingerprint density at radius 1 is 1.00 bits per heavy atom. The van der Waals surface area contributed by atoms with Crippen molar-refractivity contribution in [2.45, 2.75) is 0 Å². The van der Waals surface area contributed by atoms with Gasteiger partial charge in [-0.1, -0.05) is 12.1 Å². The molecule has 0 amide bonds. The van der Waals surface area contributed by atoms with Crippen molar-refractivity contribution < 1.29 is 9.47 Å². The molecule has 0 saturated carbocycles. The molecular formula is C17H12N2O2. The number of fused-ring (bicyclic) bond motifs is 1. The number of nitriles is 1. The van der Waals surface area contributed by atoms with Crippen molar-refractivity contribution in [1.29, 1.82) is 5.26 Å². The summed E-state index contributed by atoms with van der Waals surface area (Å²) in [4.78, 5) is 4.26. The summed E-state index contributed by atoms with van der Waals surface area (Å²) in [7, 11) is 1.61. The van der Waals surface area contributed by atoms with Crippen LogP contribution in [0, 0.1) is 11.3 Å². The molecule has 0 spiro atoms. The van der Waals surface area contributed by atoms with Crippen LogP contribution in [0.3, 0.4) is 0 Å². The highest BCUT2D eigenvalue weighted by molar-refractivity contribution is 5.87. The molecule has 0 aliphatic carbocycles. The fourth-order valence-electron chi connectivity index (χ4n) is 2.07. The zero-order valence-electron chi connectivity index (χ0n) is 11.4. The summed E-state index contributed by atoms with van der Waals surface area (Å²) in [6, 6.07) is 16.9. The van der Waals surface area contributed by atoms with Crippen molar-refractivity contribution in [3.05, 3.63) is 60.3 Å². The first-order valence-electron chi connectivity index (χ1n) is 6.41. The number of hydrogen-bond donors (Lipinski definition) is 0. The van der Waals surface area contributed by atoms with Crippen molar-refractivity contribution in [2.75, 3.05) is 7.11 Å².